The topological polar surface area (TPSA) is 60.2 Å². The minimum atomic E-state index is 0.450. The fraction of sp³-hybridized carbons (Fsp3) is 0.400. The molecular formula is C15H21N3OS. The molecule has 0 bridgehead atoms. The third kappa shape index (κ3) is 4.42. The summed E-state index contributed by atoms with van der Waals surface area (Å²) >= 11 is 1.72. The van der Waals surface area contributed by atoms with Crippen molar-refractivity contribution < 1.29 is 4.74 Å². The predicted octanol–water partition coefficient (Wildman–Crippen LogP) is 3.41. The Bertz CT molecular complexity index is 526. The van der Waals surface area contributed by atoms with E-state index in [2.05, 4.69) is 41.0 Å². The second-order valence-electron chi connectivity index (χ2n) is 5.10. The molecule has 0 radical (unpaired) electrons. The lowest BCUT2D eigenvalue weighted by atomic mass is 10.2. The zero-order valence-electron chi connectivity index (χ0n) is 11.9. The Balaban J connectivity index is 1.89. The Morgan fingerprint density at radius 2 is 2.20 bits per heavy atom. The smallest absolute Gasteiger partial charge is 0.239 e. The van der Waals surface area contributed by atoms with Crippen LogP contribution in [0.2, 0.25) is 0 Å². The number of pyridine rings is 1. The molecule has 0 fully saturated rings. The van der Waals surface area contributed by atoms with Crippen LogP contribution in [0.3, 0.4) is 0 Å². The summed E-state index contributed by atoms with van der Waals surface area (Å²) < 4.78 is 5.62. The van der Waals surface area contributed by atoms with Crippen molar-refractivity contribution in [1.29, 1.82) is 0 Å². The molecule has 2 rings (SSSR count). The van der Waals surface area contributed by atoms with Gasteiger partial charge < -0.3 is 15.8 Å². The standard InChI is InChI=1S/C15H21N3OS/c1-11(2)9-19-15-13(16)3-4-14(18-15)17-7-5-12-6-8-20-10-12/h3-4,6,8,10-11H,5,7,9,16H2,1-2H3,(H,17,18). The van der Waals surface area contributed by atoms with E-state index in [1.807, 2.05) is 12.1 Å². The molecule has 5 heteroatoms. The van der Waals surface area contributed by atoms with Crippen molar-refractivity contribution in [3.05, 3.63) is 34.5 Å². The Morgan fingerprint density at radius 3 is 2.90 bits per heavy atom. The summed E-state index contributed by atoms with van der Waals surface area (Å²) in [5, 5.41) is 7.55. The van der Waals surface area contributed by atoms with Gasteiger partial charge in [0.1, 0.15) is 5.82 Å². The number of nitrogens with one attached hydrogen (secondary N) is 1. The number of nitrogens with zero attached hydrogens (tertiary/aromatic N) is 1. The monoisotopic (exact) mass is 291 g/mol. The van der Waals surface area contributed by atoms with Crippen LogP contribution >= 0.6 is 11.3 Å². The highest BCUT2D eigenvalue weighted by molar-refractivity contribution is 7.07. The number of ether oxygens (including phenoxy) is 1. The van der Waals surface area contributed by atoms with Gasteiger partial charge in [-0.05, 0) is 46.9 Å². The minimum Gasteiger partial charge on any atom is -0.476 e. The molecule has 20 heavy (non-hydrogen) atoms. The van der Waals surface area contributed by atoms with Crippen molar-refractivity contribution in [2.24, 2.45) is 5.92 Å². The number of rotatable bonds is 7. The number of nitrogen functional groups attached to an aromatic ring is 1. The van der Waals surface area contributed by atoms with Crippen molar-refractivity contribution in [3.63, 3.8) is 0 Å². The molecule has 0 aliphatic heterocycles. The average Bonchev–Trinajstić information content (AvgIpc) is 2.92. The zero-order valence-corrected chi connectivity index (χ0v) is 12.7. The van der Waals surface area contributed by atoms with Crippen LogP contribution in [0.25, 0.3) is 0 Å². The van der Waals surface area contributed by atoms with E-state index in [9.17, 15) is 0 Å². The highest BCUT2D eigenvalue weighted by Gasteiger charge is 2.05. The van der Waals surface area contributed by atoms with E-state index in [0.29, 0.717) is 24.1 Å². The molecule has 0 saturated carbocycles. The maximum absolute atomic E-state index is 5.87. The lowest BCUT2D eigenvalue weighted by Gasteiger charge is -2.12. The highest BCUT2D eigenvalue weighted by atomic mass is 32.1. The molecule has 108 valence electrons. The predicted molar refractivity (Wildman–Crippen MR) is 85.5 cm³/mol. The van der Waals surface area contributed by atoms with Gasteiger partial charge in [0.2, 0.25) is 5.88 Å². The number of nitrogens with two attached hydrogens (primary N) is 1. The van der Waals surface area contributed by atoms with Crippen LogP contribution in [0.4, 0.5) is 11.5 Å². The number of aromatic nitrogens is 1. The molecule has 2 aromatic heterocycles. The zero-order chi connectivity index (χ0) is 14.4. The van der Waals surface area contributed by atoms with Gasteiger partial charge in [0, 0.05) is 6.54 Å². The molecule has 0 aliphatic rings. The van der Waals surface area contributed by atoms with Gasteiger partial charge in [0.05, 0.1) is 12.3 Å². The molecule has 0 amide bonds. The lowest BCUT2D eigenvalue weighted by molar-refractivity contribution is 0.263. The third-order valence-corrected chi connectivity index (χ3v) is 3.48. The third-order valence-electron chi connectivity index (χ3n) is 2.74. The second kappa shape index (κ2) is 7.14. The minimum absolute atomic E-state index is 0.450. The van der Waals surface area contributed by atoms with E-state index in [1.54, 1.807) is 11.3 Å². The van der Waals surface area contributed by atoms with Crippen molar-refractivity contribution >= 4 is 22.8 Å². The number of hydrogen-bond acceptors (Lipinski definition) is 5. The van der Waals surface area contributed by atoms with E-state index < -0.39 is 0 Å². The average molecular weight is 291 g/mol. The number of hydrogen-bond donors (Lipinski definition) is 2. The van der Waals surface area contributed by atoms with Gasteiger partial charge in [-0.25, -0.2) is 0 Å². The Morgan fingerprint density at radius 1 is 1.35 bits per heavy atom. The van der Waals surface area contributed by atoms with Gasteiger partial charge in [-0.1, -0.05) is 13.8 Å². The molecule has 0 unspecified atom stereocenters. The Labute approximate surface area is 124 Å². The molecule has 0 atom stereocenters. The summed E-state index contributed by atoms with van der Waals surface area (Å²) in [7, 11) is 0. The fourth-order valence-corrected chi connectivity index (χ4v) is 2.38. The van der Waals surface area contributed by atoms with Crippen LogP contribution < -0.4 is 15.8 Å². The van der Waals surface area contributed by atoms with Gasteiger partial charge in [-0.15, -0.1) is 0 Å². The van der Waals surface area contributed by atoms with E-state index >= 15 is 0 Å². The lowest BCUT2D eigenvalue weighted by Crippen LogP contribution is -2.10. The van der Waals surface area contributed by atoms with E-state index in [0.717, 1.165) is 18.8 Å². The van der Waals surface area contributed by atoms with Gasteiger partial charge in [0.15, 0.2) is 0 Å². The summed E-state index contributed by atoms with van der Waals surface area (Å²) in [6, 6.07) is 5.85. The molecule has 0 aliphatic carbocycles. The largest absolute Gasteiger partial charge is 0.476 e. The summed E-state index contributed by atoms with van der Waals surface area (Å²) in [5.74, 6) is 1.76. The summed E-state index contributed by atoms with van der Waals surface area (Å²) in [6.07, 6.45) is 0.984. The first-order chi connectivity index (χ1) is 9.65. The van der Waals surface area contributed by atoms with Crippen molar-refractivity contribution in [2.75, 3.05) is 24.2 Å². The molecule has 4 nitrogen and oxygen atoms in total. The van der Waals surface area contributed by atoms with E-state index in [-0.39, 0.29) is 0 Å². The van der Waals surface area contributed by atoms with Crippen molar-refractivity contribution in [3.8, 4) is 5.88 Å². The normalized spacial score (nSPS) is 10.8. The quantitative estimate of drug-likeness (QED) is 0.820. The van der Waals surface area contributed by atoms with Crippen LogP contribution in [-0.4, -0.2) is 18.1 Å². The second-order valence-corrected chi connectivity index (χ2v) is 5.88. The Hall–Kier alpha value is -1.75. The van der Waals surface area contributed by atoms with Gasteiger partial charge in [-0.3, -0.25) is 0 Å². The van der Waals surface area contributed by atoms with Crippen LogP contribution in [0.15, 0.2) is 29.0 Å². The number of thiophene rings is 1. The first kappa shape index (κ1) is 14.7. The summed E-state index contributed by atoms with van der Waals surface area (Å²) in [4.78, 5) is 4.41. The molecule has 2 heterocycles. The van der Waals surface area contributed by atoms with E-state index in [4.69, 9.17) is 10.5 Å². The van der Waals surface area contributed by atoms with Crippen LogP contribution in [0.1, 0.15) is 19.4 Å². The molecule has 2 aromatic rings. The summed E-state index contributed by atoms with van der Waals surface area (Å²) in [5.41, 5.74) is 7.79. The molecular weight excluding hydrogens is 270 g/mol. The SMILES string of the molecule is CC(C)COc1nc(NCCc2ccsc2)ccc1N. The first-order valence-electron chi connectivity index (χ1n) is 6.79. The first-order valence-corrected chi connectivity index (χ1v) is 7.73. The molecule has 3 N–H and O–H groups in total. The highest BCUT2D eigenvalue weighted by Crippen LogP contribution is 2.21. The van der Waals surface area contributed by atoms with Crippen LogP contribution in [0.5, 0.6) is 5.88 Å². The van der Waals surface area contributed by atoms with Gasteiger partial charge >= 0.3 is 0 Å². The van der Waals surface area contributed by atoms with E-state index in [1.165, 1.54) is 5.56 Å². The molecule has 0 aromatic carbocycles. The van der Waals surface area contributed by atoms with Crippen molar-refractivity contribution in [2.45, 2.75) is 20.3 Å². The van der Waals surface area contributed by atoms with Crippen LogP contribution in [0, 0.1) is 5.92 Å². The number of anilines is 2. The fourth-order valence-electron chi connectivity index (χ4n) is 1.68. The van der Waals surface area contributed by atoms with Crippen molar-refractivity contribution in [1.82, 2.24) is 4.98 Å². The molecule has 0 spiro atoms. The Kier molecular flexibility index (Phi) is 5.24. The van der Waals surface area contributed by atoms with Gasteiger partial charge in [0.25, 0.3) is 0 Å². The van der Waals surface area contributed by atoms with Gasteiger partial charge in [-0.2, -0.15) is 16.3 Å². The maximum atomic E-state index is 5.87. The van der Waals surface area contributed by atoms with Crippen LogP contribution in [-0.2, 0) is 6.42 Å². The summed E-state index contributed by atoms with van der Waals surface area (Å²) in [6.45, 7) is 5.66. The molecule has 0 saturated heterocycles. The maximum Gasteiger partial charge on any atom is 0.239 e.